The molecule has 0 N–H and O–H groups in total. The van der Waals surface area contributed by atoms with Crippen molar-refractivity contribution in [2.45, 2.75) is 17.8 Å². The van der Waals surface area contributed by atoms with Gasteiger partial charge in [-0.25, -0.2) is 0 Å². The normalized spacial score (nSPS) is 14.3. The Morgan fingerprint density at radius 1 is 0.943 bits per heavy atom. The number of amides is 1. The molecule has 4 aromatic rings. The monoisotopic (exact) mass is 484 g/mol. The molecule has 178 valence electrons. The van der Waals surface area contributed by atoms with Gasteiger partial charge in [0.05, 0.1) is 0 Å². The topological polar surface area (TPSA) is 67.2 Å². The fraction of sp³-hybridized carbons (Fsp3) is 0.259. The van der Waals surface area contributed by atoms with Gasteiger partial charge in [-0.05, 0) is 61.5 Å². The number of hydrogen-bond donors (Lipinski definition) is 0. The number of rotatable bonds is 6. The molecule has 0 radical (unpaired) electrons. The van der Waals surface area contributed by atoms with E-state index in [0.717, 1.165) is 65.3 Å². The number of carbonyl (C=O) groups is 1. The van der Waals surface area contributed by atoms with E-state index in [4.69, 9.17) is 0 Å². The molecule has 35 heavy (non-hydrogen) atoms. The molecular formula is C27H28N6OS. The van der Waals surface area contributed by atoms with Crippen LogP contribution in [0.4, 0.5) is 0 Å². The van der Waals surface area contributed by atoms with Crippen LogP contribution in [0.15, 0.2) is 78.2 Å². The Kier molecular flexibility index (Phi) is 6.92. The SMILES string of the molecule is Cc1cccc(-n2c(SCc3ccc(C(=O)N4CCN(C)CC4)cc3)nnc2-c2ccncc2)c1. The molecule has 1 amide bonds. The minimum Gasteiger partial charge on any atom is -0.336 e. The van der Waals surface area contributed by atoms with Gasteiger partial charge in [-0.2, -0.15) is 0 Å². The number of carbonyl (C=O) groups excluding carboxylic acids is 1. The van der Waals surface area contributed by atoms with Crippen LogP contribution in [0, 0.1) is 6.92 Å². The lowest BCUT2D eigenvalue weighted by molar-refractivity contribution is 0.0664. The zero-order valence-corrected chi connectivity index (χ0v) is 20.8. The number of likely N-dealkylation sites (N-methyl/N-ethyl adjacent to an activating group) is 1. The predicted octanol–water partition coefficient (Wildman–Crippen LogP) is 4.32. The summed E-state index contributed by atoms with van der Waals surface area (Å²) in [5, 5.41) is 9.85. The number of aromatic nitrogens is 4. The number of benzene rings is 2. The summed E-state index contributed by atoms with van der Waals surface area (Å²) in [6.45, 7) is 5.48. The van der Waals surface area contributed by atoms with Crippen molar-refractivity contribution in [2.75, 3.05) is 33.2 Å². The smallest absolute Gasteiger partial charge is 0.253 e. The van der Waals surface area contributed by atoms with Gasteiger partial charge in [-0.1, -0.05) is 36.0 Å². The van der Waals surface area contributed by atoms with Crippen molar-refractivity contribution in [1.82, 2.24) is 29.5 Å². The highest BCUT2D eigenvalue weighted by atomic mass is 32.2. The van der Waals surface area contributed by atoms with E-state index < -0.39 is 0 Å². The number of piperazine rings is 1. The third-order valence-electron chi connectivity index (χ3n) is 6.19. The Bertz CT molecular complexity index is 1300. The summed E-state index contributed by atoms with van der Waals surface area (Å²) in [6, 6.07) is 20.2. The van der Waals surface area contributed by atoms with E-state index in [2.05, 4.69) is 56.8 Å². The Morgan fingerprint density at radius 2 is 1.69 bits per heavy atom. The van der Waals surface area contributed by atoms with Gasteiger partial charge in [0.1, 0.15) is 0 Å². The molecule has 1 fully saturated rings. The van der Waals surface area contributed by atoms with Gasteiger partial charge in [0, 0.05) is 61.1 Å². The van der Waals surface area contributed by atoms with Crippen LogP contribution in [-0.4, -0.2) is 68.7 Å². The molecule has 5 rings (SSSR count). The summed E-state index contributed by atoms with van der Waals surface area (Å²) >= 11 is 1.63. The quantitative estimate of drug-likeness (QED) is 0.380. The Balaban J connectivity index is 1.34. The number of aryl methyl sites for hydroxylation is 1. The lowest BCUT2D eigenvalue weighted by atomic mass is 10.1. The molecule has 7 nitrogen and oxygen atoms in total. The number of nitrogens with zero attached hydrogens (tertiary/aromatic N) is 6. The number of pyridine rings is 1. The van der Waals surface area contributed by atoms with Crippen molar-refractivity contribution < 1.29 is 4.79 Å². The zero-order valence-electron chi connectivity index (χ0n) is 20.0. The maximum atomic E-state index is 12.8. The third-order valence-corrected chi connectivity index (χ3v) is 7.19. The molecule has 1 aliphatic heterocycles. The summed E-state index contributed by atoms with van der Waals surface area (Å²) < 4.78 is 2.10. The van der Waals surface area contributed by atoms with E-state index in [9.17, 15) is 4.79 Å². The molecule has 0 aliphatic carbocycles. The average molecular weight is 485 g/mol. The van der Waals surface area contributed by atoms with Gasteiger partial charge >= 0.3 is 0 Å². The van der Waals surface area contributed by atoms with Gasteiger partial charge in [0.2, 0.25) is 0 Å². The molecule has 1 aliphatic rings. The molecule has 0 spiro atoms. The van der Waals surface area contributed by atoms with Crippen molar-refractivity contribution in [3.05, 3.63) is 89.7 Å². The van der Waals surface area contributed by atoms with Crippen LogP contribution in [-0.2, 0) is 5.75 Å². The fourth-order valence-corrected chi connectivity index (χ4v) is 5.04. The molecule has 0 unspecified atom stereocenters. The van der Waals surface area contributed by atoms with E-state index >= 15 is 0 Å². The lowest BCUT2D eigenvalue weighted by Gasteiger charge is -2.32. The molecule has 0 bridgehead atoms. The highest BCUT2D eigenvalue weighted by molar-refractivity contribution is 7.98. The first-order valence-corrected chi connectivity index (χ1v) is 12.7. The van der Waals surface area contributed by atoms with Crippen LogP contribution in [0.25, 0.3) is 17.1 Å². The van der Waals surface area contributed by atoms with E-state index in [1.165, 1.54) is 5.56 Å². The van der Waals surface area contributed by atoms with E-state index in [-0.39, 0.29) is 5.91 Å². The highest BCUT2D eigenvalue weighted by Gasteiger charge is 2.20. The molecular weight excluding hydrogens is 456 g/mol. The van der Waals surface area contributed by atoms with Crippen LogP contribution >= 0.6 is 11.8 Å². The summed E-state index contributed by atoms with van der Waals surface area (Å²) in [6.07, 6.45) is 3.53. The lowest BCUT2D eigenvalue weighted by Crippen LogP contribution is -2.47. The molecule has 2 aromatic heterocycles. The van der Waals surface area contributed by atoms with Crippen molar-refractivity contribution in [1.29, 1.82) is 0 Å². The molecule has 2 aromatic carbocycles. The predicted molar refractivity (Wildman–Crippen MR) is 139 cm³/mol. The van der Waals surface area contributed by atoms with Crippen molar-refractivity contribution in [2.24, 2.45) is 0 Å². The minimum atomic E-state index is 0.110. The van der Waals surface area contributed by atoms with Crippen LogP contribution in [0.1, 0.15) is 21.5 Å². The van der Waals surface area contributed by atoms with Gasteiger partial charge in [0.15, 0.2) is 11.0 Å². The van der Waals surface area contributed by atoms with Gasteiger partial charge < -0.3 is 9.80 Å². The van der Waals surface area contributed by atoms with Gasteiger partial charge in [-0.3, -0.25) is 14.3 Å². The van der Waals surface area contributed by atoms with E-state index in [0.29, 0.717) is 0 Å². The highest BCUT2D eigenvalue weighted by Crippen LogP contribution is 2.30. The second-order valence-electron chi connectivity index (χ2n) is 8.80. The number of hydrogen-bond acceptors (Lipinski definition) is 6. The largest absolute Gasteiger partial charge is 0.336 e. The van der Waals surface area contributed by atoms with Crippen LogP contribution in [0.3, 0.4) is 0 Å². The Labute approximate surface area is 209 Å². The van der Waals surface area contributed by atoms with Crippen LogP contribution in [0.2, 0.25) is 0 Å². The van der Waals surface area contributed by atoms with Crippen molar-refractivity contribution in [3.63, 3.8) is 0 Å². The molecule has 3 heterocycles. The first kappa shape index (κ1) is 23.3. The summed E-state index contributed by atoms with van der Waals surface area (Å²) in [4.78, 5) is 21.2. The van der Waals surface area contributed by atoms with Crippen molar-refractivity contribution in [3.8, 4) is 17.1 Å². The van der Waals surface area contributed by atoms with Crippen LogP contribution < -0.4 is 0 Å². The Hall–Kier alpha value is -3.49. The van der Waals surface area contributed by atoms with E-state index in [1.807, 2.05) is 47.4 Å². The maximum absolute atomic E-state index is 12.8. The standard InChI is InChI=1S/C27H28N6OS/c1-20-4-3-5-24(18-20)33-25(22-10-12-28-13-11-22)29-30-27(33)35-19-21-6-8-23(9-7-21)26(34)32-16-14-31(2)15-17-32/h3-13,18H,14-17,19H2,1-2H3. The summed E-state index contributed by atoms with van der Waals surface area (Å²) in [5.74, 6) is 1.62. The first-order chi connectivity index (χ1) is 17.1. The third kappa shape index (κ3) is 5.28. The van der Waals surface area contributed by atoms with Gasteiger partial charge in [0.25, 0.3) is 5.91 Å². The fourth-order valence-electron chi connectivity index (χ4n) is 4.13. The number of thioether (sulfide) groups is 1. The first-order valence-electron chi connectivity index (χ1n) is 11.7. The molecule has 0 saturated carbocycles. The zero-order chi connectivity index (χ0) is 24.2. The second-order valence-corrected chi connectivity index (χ2v) is 9.74. The molecule has 0 atom stereocenters. The summed E-state index contributed by atoms with van der Waals surface area (Å²) in [5.41, 5.74) is 5.04. The molecule has 8 heteroatoms. The Morgan fingerprint density at radius 3 is 2.40 bits per heavy atom. The average Bonchev–Trinajstić information content (AvgIpc) is 3.32. The van der Waals surface area contributed by atoms with E-state index in [1.54, 1.807) is 24.2 Å². The van der Waals surface area contributed by atoms with Crippen molar-refractivity contribution >= 4 is 17.7 Å². The minimum absolute atomic E-state index is 0.110. The maximum Gasteiger partial charge on any atom is 0.253 e. The molecule has 1 saturated heterocycles. The summed E-state index contributed by atoms with van der Waals surface area (Å²) in [7, 11) is 2.09. The van der Waals surface area contributed by atoms with Crippen LogP contribution in [0.5, 0.6) is 0 Å². The second kappa shape index (κ2) is 10.4. The van der Waals surface area contributed by atoms with Gasteiger partial charge in [-0.15, -0.1) is 10.2 Å².